The molecule has 1 aliphatic heterocycles. The summed E-state index contributed by atoms with van der Waals surface area (Å²) in [5.74, 6) is 1.72. The van der Waals surface area contributed by atoms with Crippen LogP contribution in [0.3, 0.4) is 0 Å². The van der Waals surface area contributed by atoms with Gasteiger partial charge in [0, 0.05) is 26.2 Å². The second-order valence-electron chi connectivity index (χ2n) is 7.74. The molecule has 0 radical (unpaired) electrons. The quantitative estimate of drug-likeness (QED) is 0.703. The standard InChI is InChI=1S/C24H34N2O3/c1-3-20-5-11-24(12-6-20)29-19-22(27)18-26-14-4-13-25(15-16-26)17-21-7-9-23(28-2)10-8-21/h5-12,22,27H,3-4,13-19H2,1-2H3. The highest BCUT2D eigenvalue weighted by molar-refractivity contribution is 5.27. The normalized spacial score (nSPS) is 16.9. The van der Waals surface area contributed by atoms with Gasteiger partial charge in [0.25, 0.3) is 0 Å². The molecule has 1 N–H and O–H groups in total. The van der Waals surface area contributed by atoms with E-state index >= 15 is 0 Å². The molecule has 0 saturated carbocycles. The molecule has 0 aliphatic carbocycles. The molecule has 0 spiro atoms. The minimum absolute atomic E-state index is 0.331. The summed E-state index contributed by atoms with van der Waals surface area (Å²) >= 11 is 0. The number of β-amino-alcohol motifs (C(OH)–C–C–N with tert-alkyl or cyclic N) is 1. The van der Waals surface area contributed by atoms with Gasteiger partial charge in [-0.25, -0.2) is 0 Å². The van der Waals surface area contributed by atoms with E-state index in [0.717, 1.165) is 57.1 Å². The zero-order valence-electron chi connectivity index (χ0n) is 17.7. The third-order valence-electron chi connectivity index (χ3n) is 5.49. The average Bonchev–Trinajstić information content (AvgIpc) is 2.98. The molecule has 1 fully saturated rings. The van der Waals surface area contributed by atoms with E-state index in [1.54, 1.807) is 7.11 Å². The van der Waals surface area contributed by atoms with Crippen molar-refractivity contribution < 1.29 is 14.6 Å². The number of hydrogen-bond donors (Lipinski definition) is 1. The number of methoxy groups -OCH3 is 1. The maximum atomic E-state index is 10.4. The van der Waals surface area contributed by atoms with E-state index in [1.165, 1.54) is 11.1 Å². The van der Waals surface area contributed by atoms with Crippen LogP contribution in [0.1, 0.15) is 24.5 Å². The second-order valence-corrected chi connectivity index (χ2v) is 7.74. The smallest absolute Gasteiger partial charge is 0.119 e. The van der Waals surface area contributed by atoms with Gasteiger partial charge in [-0.05, 0) is 61.3 Å². The zero-order valence-corrected chi connectivity index (χ0v) is 17.7. The number of ether oxygens (including phenoxy) is 2. The number of rotatable bonds is 9. The fraction of sp³-hybridized carbons (Fsp3) is 0.500. The summed E-state index contributed by atoms with van der Waals surface area (Å²) in [7, 11) is 1.69. The van der Waals surface area contributed by atoms with Crippen molar-refractivity contribution in [3.05, 3.63) is 59.7 Å². The monoisotopic (exact) mass is 398 g/mol. The van der Waals surface area contributed by atoms with Crippen molar-refractivity contribution in [2.75, 3.05) is 46.4 Å². The van der Waals surface area contributed by atoms with Crippen LogP contribution >= 0.6 is 0 Å². The third-order valence-corrected chi connectivity index (χ3v) is 5.49. The predicted molar refractivity (Wildman–Crippen MR) is 117 cm³/mol. The van der Waals surface area contributed by atoms with Gasteiger partial charge in [-0.15, -0.1) is 0 Å². The fourth-order valence-electron chi connectivity index (χ4n) is 3.72. The molecule has 1 atom stereocenters. The highest BCUT2D eigenvalue weighted by atomic mass is 16.5. The molecule has 0 amide bonds. The van der Waals surface area contributed by atoms with Crippen LogP contribution in [0, 0.1) is 0 Å². The molecule has 158 valence electrons. The number of aliphatic hydroxyl groups is 1. The molecule has 5 heteroatoms. The van der Waals surface area contributed by atoms with E-state index in [1.807, 2.05) is 24.3 Å². The molecular formula is C24H34N2O3. The molecule has 2 aromatic rings. The van der Waals surface area contributed by atoms with E-state index in [9.17, 15) is 5.11 Å². The maximum Gasteiger partial charge on any atom is 0.119 e. The van der Waals surface area contributed by atoms with Crippen LogP contribution in [-0.2, 0) is 13.0 Å². The van der Waals surface area contributed by atoms with Crippen LogP contribution in [0.2, 0.25) is 0 Å². The Balaban J connectivity index is 1.40. The van der Waals surface area contributed by atoms with Crippen molar-refractivity contribution in [3.8, 4) is 11.5 Å². The molecule has 1 saturated heterocycles. The third kappa shape index (κ3) is 7.03. The first-order valence-electron chi connectivity index (χ1n) is 10.6. The van der Waals surface area contributed by atoms with Gasteiger partial charge in [0.2, 0.25) is 0 Å². The van der Waals surface area contributed by atoms with Crippen LogP contribution in [0.5, 0.6) is 11.5 Å². The molecule has 1 unspecified atom stereocenters. The number of hydrogen-bond acceptors (Lipinski definition) is 5. The topological polar surface area (TPSA) is 45.2 Å². The second kappa shape index (κ2) is 11.2. The van der Waals surface area contributed by atoms with E-state index in [-0.39, 0.29) is 0 Å². The van der Waals surface area contributed by atoms with Crippen LogP contribution in [0.4, 0.5) is 0 Å². The summed E-state index contributed by atoms with van der Waals surface area (Å²) in [5, 5.41) is 10.4. The Morgan fingerprint density at radius 1 is 0.862 bits per heavy atom. The molecule has 0 aromatic heterocycles. The lowest BCUT2D eigenvalue weighted by atomic mass is 10.2. The molecule has 1 heterocycles. The number of aliphatic hydroxyl groups excluding tert-OH is 1. The average molecular weight is 399 g/mol. The molecule has 5 nitrogen and oxygen atoms in total. The van der Waals surface area contributed by atoms with Crippen LogP contribution < -0.4 is 9.47 Å². The van der Waals surface area contributed by atoms with Crippen molar-refractivity contribution in [2.24, 2.45) is 0 Å². The van der Waals surface area contributed by atoms with Crippen LogP contribution in [0.25, 0.3) is 0 Å². The lowest BCUT2D eigenvalue weighted by Crippen LogP contribution is -2.38. The highest BCUT2D eigenvalue weighted by Crippen LogP contribution is 2.15. The van der Waals surface area contributed by atoms with Gasteiger partial charge in [0.05, 0.1) is 7.11 Å². The first-order valence-corrected chi connectivity index (χ1v) is 10.6. The molecule has 2 aromatic carbocycles. The van der Waals surface area contributed by atoms with Crippen molar-refractivity contribution >= 4 is 0 Å². The van der Waals surface area contributed by atoms with E-state index in [0.29, 0.717) is 13.2 Å². The SMILES string of the molecule is CCc1ccc(OCC(O)CN2CCCN(Cc3ccc(OC)cc3)CC2)cc1. The summed E-state index contributed by atoms with van der Waals surface area (Å²) in [6, 6.07) is 16.4. The Bertz CT molecular complexity index is 718. The van der Waals surface area contributed by atoms with E-state index in [4.69, 9.17) is 9.47 Å². The largest absolute Gasteiger partial charge is 0.497 e. The Morgan fingerprint density at radius 3 is 2.17 bits per heavy atom. The summed E-state index contributed by atoms with van der Waals surface area (Å²) in [6.45, 7) is 8.16. The lowest BCUT2D eigenvalue weighted by molar-refractivity contribution is 0.0693. The Labute approximate surface area is 174 Å². The van der Waals surface area contributed by atoms with Gasteiger partial charge in [0.15, 0.2) is 0 Å². The summed E-state index contributed by atoms with van der Waals surface area (Å²) < 4.78 is 11.0. The maximum absolute atomic E-state index is 10.4. The molecule has 0 bridgehead atoms. The van der Waals surface area contributed by atoms with Crippen molar-refractivity contribution in [2.45, 2.75) is 32.4 Å². The molecule has 3 rings (SSSR count). The van der Waals surface area contributed by atoms with Gasteiger partial charge in [-0.3, -0.25) is 9.80 Å². The molecule has 1 aliphatic rings. The van der Waals surface area contributed by atoms with E-state index in [2.05, 4.69) is 41.0 Å². The first-order chi connectivity index (χ1) is 14.2. The zero-order chi connectivity index (χ0) is 20.5. The van der Waals surface area contributed by atoms with Crippen molar-refractivity contribution in [1.82, 2.24) is 9.80 Å². The van der Waals surface area contributed by atoms with Gasteiger partial charge >= 0.3 is 0 Å². The van der Waals surface area contributed by atoms with Crippen molar-refractivity contribution in [3.63, 3.8) is 0 Å². The summed E-state index contributed by atoms with van der Waals surface area (Å²) in [6.07, 6.45) is 1.66. The van der Waals surface area contributed by atoms with Gasteiger partial charge < -0.3 is 14.6 Å². The lowest BCUT2D eigenvalue weighted by Gasteiger charge is -2.24. The molecule has 29 heavy (non-hydrogen) atoms. The minimum Gasteiger partial charge on any atom is -0.497 e. The number of nitrogens with zero attached hydrogens (tertiary/aromatic N) is 2. The Kier molecular flexibility index (Phi) is 8.35. The summed E-state index contributed by atoms with van der Waals surface area (Å²) in [5.41, 5.74) is 2.60. The number of benzene rings is 2. The minimum atomic E-state index is -0.478. The van der Waals surface area contributed by atoms with Gasteiger partial charge in [-0.1, -0.05) is 31.2 Å². The Morgan fingerprint density at radius 2 is 1.48 bits per heavy atom. The van der Waals surface area contributed by atoms with Crippen molar-refractivity contribution in [1.29, 1.82) is 0 Å². The van der Waals surface area contributed by atoms with Crippen LogP contribution in [0.15, 0.2) is 48.5 Å². The van der Waals surface area contributed by atoms with Gasteiger partial charge in [-0.2, -0.15) is 0 Å². The van der Waals surface area contributed by atoms with E-state index < -0.39 is 6.10 Å². The number of aryl methyl sites for hydroxylation is 1. The Hall–Kier alpha value is -2.08. The molecular weight excluding hydrogens is 364 g/mol. The van der Waals surface area contributed by atoms with Crippen LogP contribution in [-0.4, -0.2) is 67.5 Å². The van der Waals surface area contributed by atoms with Gasteiger partial charge in [0.1, 0.15) is 24.2 Å². The summed E-state index contributed by atoms with van der Waals surface area (Å²) in [4.78, 5) is 4.84. The predicted octanol–water partition coefficient (Wildman–Crippen LogP) is 3.21. The highest BCUT2D eigenvalue weighted by Gasteiger charge is 2.18. The fourth-order valence-corrected chi connectivity index (χ4v) is 3.72. The first kappa shape index (κ1) is 21.6.